The van der Waals surface area contributed by atoms with Crippen molar-refractivity contribution in [1.82, 2.24) is 10.3 Å². The van der Waals surface area contributed by atoms with Gasteiger partial charge in [-0.2, -0.15) is 0 Å². The second-order valence-electron chi connectivity index (χ2n) is 3.14. The smallest absolute Gasteiger partial charge is 0.326 e. The van der Waals surface area contributed by atoms with Crippen LogP contribution >= 0.6 is 11.6 Å². The maximum Gasteiger partial charge on any atom is 0.326 e. The minimum atomic E-state index is -1.06. The molecule has 16 heavy (non-hydrogen) atoms. The van der Waals surface area contributed by atoms with Crippen LogP contribution in [0, 0.1) is 0 Å². The Hall–Kier alpha value is -1.62. The lowest BCUT2D eigenvalue weighted by molar-refractivity contribution is -0.139. The molecule has 0 unspecified atom stereocenters. The topological polar surface area (TPSA) is 79.3 Å². The fourth-order valence-electron chi connectivity index (χ4n) is 1.12. The van der Waals surface area contributed by atoms with E-state index in [0.29, 0.717) is 12.0 Å². The molecule has 5 nitrogen and oxygen atoms in total. The Balaban J connectivity index is 2.75. The van der Waals surface area contributed by atoms with Crippen molar-refractivity contribution in [2.24, 2.45) is 0 Å². The van der Waals surface area contributed by atoms with Crippen LogP contribution < -0.4 is 5.32 Å². The molecule has 2 N–H and O–H groups in total. The predicted octanol–water partition coefficient (Wildman–Crippen LogP) is 1.33. The largest absolute Gasteiger partial charge is 0.480 e. The van der Waals surface area contributed by atoms with E-state index in [1.54, 1.807) is 6.92 Å². The molecule has 0 aromatic carbocycles. The van der Waals surface area contributed by atoms with Gasteiger partial charge in [0.1, 0.15) is 11.2 Å². The standard InChI is InChI=1S/C10H11ClN2O3/c1-2-7(10(15)16)13-9(14)6-3-4-12-8(11)5-6/h3-5,7H,2H2,1H3,(H,13,14)(H,15,16)/t7-/m1/s1. The number of amides is 1. The molecule has 1 rings (SSSR count). The molecule has 1 heterocycles. The number of aliphatic carboxylic acids is 1. The van der Waals surface area contributed by atoms with E-state index < -0.39 is 17.9 Å². The molecule has 1 atom stereocenters. The van der Waals surface area contributed by atoms with E-state index in [4.69, 9.17) is 16.7 Å². The van der Waals surface area contributed by atoms with E-state index in [-0.39, 0.29) is 5.15 Å². The van der Waals surface area contributed by atoms with Gasteiger partial charge in [-0.05, 0) is 18.6 Å². The zero-order valence-corrected chi connectivity index (χ0v) is 9.36. The average Bonchev–Trinajstić information content (AvgIpc) is 2.25. The van der Waals surface area contributed by atoms with Gasteiger partial charge in [-0.15, -0.1) is 0 Å². The van der Waals surface area contributed by atoms with Gasteiger partial charge in [-0.3, -0.25) is 4.79 Å². The van der Waals surface area contributed by atoms with Gasteiger partial charge in [0.25, 0.3) is 5.91 Å². The monoisotopic (exact) mass is 242 g/mol. The zero-order chi connectivity index (χ0) is 12.1. The zero-order valence-electron chi connectivity index (χ0n) is 8.61. The normalized spacial score (nSPS) is 11.9. The van der Waals surface area contributed by atoms with Gasteiger partial charge in [0.15, 0.2) is 0 Å². The number of carboxylic acids is 1. The van der Waals surface area contributed by atoms with Crippen LogP contribution in [0.4, 0.5) is 0 Å². The Kier molecular flexibility index (Phi) is 4.25. The van der Waals surface area contributed by atoms with Crippen LogP contribution in [0.2, 0.25) is 5.15 Å². The third-order valence-corrected chi connectivity index (χ3v) is 2.21. The molecule has 0 aliphatic heterocycles. The molecule has 6 heteroatoms. The lowest BCUT2D eigenvalue weighted by Gasteiger charge is -2.11. The molecule has 0 radical (unpaired) electrons. The average molecular weight is 243 g/mol. The summed E-state index contributed by atoms with van der Waals surface area (Å²) in [6.45, 7) is 1.68. The molecular formula is C10H11ClN2O3. The quantitative estimate of drug-likeness (QED) is 0.781. The van der Waals surface area contributed by atoms with Crippen molar-refractivity contribution in [2.45, 2.75) is 19.4 Å². The molecule has 0 aliphatic carbocycles. The Morgan fingerprint density at radius 1 is 1.62 bits per heavy atom. The van der Waals surface area contributed by atoms with Gasteiger partial charge in [0, 0.05) is 11.8 Å². The van der Waals surface area contributed by atoms with E-state index >= 15 is 0 Å². The summed E-state index contributed by atoms with van der Waals surface area (Å²) in [6, 6.07) is 1.96. The molecule has 1 aromatic heterocycles. The van der Waals surface area contributed by atoms with Crippen molar-refractivity contribution in [3.05, 3.63) is 29.0 Å². The number of aromatic nitrogens is 1. The van der Waals surface area contributed by atoms with Crippen LogP contribution in [0.3, 0.4) is 0 Å². The fraction of sp³-hybridized carbons (Fsp3) is 0.300. The highest BCUT2D eigenvalue weighted by molar-refractivity contribution is 6.29. The third kappa shape index (κ3) is 3.20. The number of hydrogen-bond acceptors (Lipinski definition) is 3. The first-order valence-electron chi connectivity index (χ1n) is 4.69. The maximum absolute atomic E-state index is 11.6. The minimum absolute atomic E-state index is 0.191. The second-order valence-corrected chi connectivity index (χ2v) is 3.53. The Morgan fingerprint density at radius 3 is 2.81 bits per heavy atom. The summed E-state index contributed by atoms with van der Waals surface area (Å²) in [7, 11) is 0. The number of pyridine rings is 1. The molecule has 1 aromatic rings. The number of carbonyl (C=O) groups excluding carboxylic acids is 1. The van der Waals surface area contributed by atoms with Crippen LogP contribution in [-0.4, -0.2) is 28.0 Å². The number of hydrogen-bond donors (Lipinski definition) is 2. The Labute approximate surface area is 97.4 Å². The molecule has 0 saturated heterocycles. The summed E-state index contributed by atoms with van der Waals surface area (Å²) in [5, 5.41) is 11.3. The van der Waals surface area contributed by atoms with Crippen molar-refractivity contribution in [1.29, 1.82) is 0 Å². The number of halogens is 1. The molecule has 0 aliphatic rings. The van der Waals surface area contributed by atoms with Crippen LogP contribution in [0.5, 0.6) is 0 Å². The summed E-state index contributed by atoms with van der Waals surface area (Å²) < 4.78 is 0. The van der Waals surface area contributed by atoms with Crippen molar-refractivity contribution < 1.29 is 14.7 Å². The molecule has 1 amide bonds. The maximum atomic E-state index is 11.6. The number of rotatable bonds is 4. The van der Waals surface area contributed by atoms with Gasteiger partial charge >= 0.3 is 5.97 Å². The summed E-state index contributed by atoms with van der Waals surface area (Å²) in [5.74, 6) is -1.53. The van der Waals surface area contributed by atoms with Gasteiger partial charge < -0.3 is 10.4 Å². The molecular weight excluding hydrogens is 232 g/mol. The van der Waals surface area contributed by atoms with Gasteiger partial charge in [-0.25, -0.2) is 9.78 Å². The summed E-state index contributed by atoms with van der Waals surface area (Å²) in [5.41, 5.74) is 0.291. The summed E-state index contributed by atoms with van der Waals surface area (Å²) in [4.78, 5) is 26.0. The first-order valence-corrected chi connectivity index (χ1v) is 5.07. The van der Waals surface area contributed by atoms with E-state index in [0.717, 1.165) is 0 Å². The van der Waals surface area contributed by atoms with E-state index in [1.807, 2.05) is 0 Å². The van der Waals surface area contributed by atoms with Crippen molar-refractivity contribution >= 4 is 23.5 Å². The molecule has 86 valence electrons. The molecule has 0 fully saturated rings. The first-order chi connectivity index (χ1) is 7.54. The van der Waals surface area contributed by atoms with Crippen LogP contribution in [0.1, 0.15) is 23.7 Å². The molecule has 0 spiro atoms. The first kappa shape index (κ1) is 12.4. The highest BCUT2D eigenvalue weighted by atomic mass is 35.5. The number of nitrogens with zero attached hydrogens (tertiary/aromatic N) is 1. The minimum Gasteiger partial charge on any atom is -0.480 e. The summed E-state index contributed by atoms with van der Waals surface area (Å²) >= 11 is 5.61. The highest BCUT2D eigenvalue weighted by Crippen LogP contribution is 2.07. The lowest BCUT2D eigenvalue weighted by Crippen LogP contribution is -2.40. The van der Waals surface area contributed by atoms with Gasteiger partial charge in [0.2, 0.25) is 0 Å². The Bertz CT molecular complexity index is 409. The number of carbonyl (C=O) groups is 2. The molecule has 0 bridgehead atoms. The van der Waals surface area contributed by atoms with Crippen molar-refractivity contribution in [3.8, 4) is 0 Å². The van der Waals surface area contributed by atoms with Crippen LogP contribution in [-0.2, 0) is 4.79 Å². The van der Waals surface area contributed by atoms with E-state index in [9.17, 15) is 9.59 Å². The van der Waals surface area contributed by atoms with Crippen LogP contribution in [0.25, 0.3) is 0 Å². The van der Waals surface area contributed by atoms with Crippen molar-refractivity contribution in [3.63, 3.8) is 0 Å². The lowest BCUT2D eigenvalue weighted by atomic mass is 10.2. The van der Waals surface area contributed by atoms with Crippen molar-refractivity contribution in [2.75, 3.05) is 0 Å². The number of nitrogens with one attached hydrogen (secondary N) is 1. The second kappa shape index (κ2) is 5.46. The highest BCUT2D eigenvalue weighted by Gasteiger charge is 2.18. The fourth-order valence-corrected chi connectivity index (χ4v) is 1.30. The summed E-state index contributed by atoms with van der Waals surface area (Å²) in [6.07, 6.45) is 1.71. The van der Waals surface area contributed by atoms with Gasteiger partial charge in [-0.1, -0.05) is 18.5 Å². The SMILES string of the molecule is CC[C@@H](NC(=O)c1ccnc(Cl)c1)C(=O)O. The number of carboxylic acid groups (broad SMARTS) is 1. The van der Waals surface area contributed by atoms with Crippen LogP contribution in [0.15, 0.2) is 18.3 Å². The third-order valence-electron chi connectivity index (χ3n) is 2.00. The van der Waals surface area contributed by atoms with Gasteiger partial charge in [0.05, 0.1) is 0 Å². The Morgan fingerprint density at radius 2 is 2.31 bits per heavy atom. The van der Waals surface area contributed by atoms with E-state index in [1.165, 1.54) is 18.3 Å². The predicted molar refractivity (Wildman–Crippen MR) is 58.4 cm³/mol. The molecule has 0 saturated carbocycles. The van der Waals surface area contributed by atoms with E-state index in [2.05, 4.69) is 10.3 Å².